The Bertz CT molecular complexity index is 344. The molecule has 0 aromatic carbocycles. The van der Waals surface area contributed by atoms with Crippen molar-refractivity contribution < 1.29 is 4.79 Å². The molecule has 0 bridgehead atoms. The van der Waals surface area contributed by atoms with Crippen molar-refractivity contribution in [2.24, 2.45) is 7.05 Å². The van der Waals surface area contributed by atoms with Gasteiger partial charge in [0.25, 0.3) is 5.91 Å². The van der Waals surface area contributed by atoms with Crippen LogP contribution in [-0.4, -0.2) is 46.8 Å². The van der Waals surface area contributed by atoms with Gasteiger partial charge in [0, 0.05) is 32.9 Å². The fourth-order valence-electron chi connectivity index (χ4n) is 1.74. The highest BCUT2D eigenvalue weighted by Crippen LogP contribution is 2.03. The van der Waals surface area contributed by atoms with E-state index in [2.05, 4.69) is 10.4 Å². The molecule has 1 fully saturated rings. The van der Waals surface area contributed by atoms with Crippen LogP contribution < -0.4 is 5.32 Å². The first-order chi connectivity index (χ1) is 7.27. The molecule has 0 radical (unpaired) electrons. The maximum atomic E-state index is 12.0. The molecular weight excluding hydrogens is 228 g/mol. The van der Waals surface area contributed by atoms with Crippen molar-refractivity contribution in [3.05, 3.63) is 18.0 Å². The summed E-state index contributed by atoms with van der Waals surface area (Å²) in [5.74, 6) is 0.0410. The molecule has 90 valence electrons. The zero-order valence-corrected chi connectivity index (χ0v) is 10.2. The van der Waals surface area contributed by atoms with Gasteiger partial charge in [-0.25, -0.2) is 0 Å². The lowest BCUT2D eigenvalue weighted by Gasteiger charge is -2.18. The Morgan fingerprint density at radius 3 is 2.94 bits per heavy atom. The molecule has 2 heterocycles. The predicted molar refractivity (Wildman–Crippen MR) is 63.8 cm³/mol. The molecule has 0 saturated carbocycles. The quantitative estimate of drug-likeness (QED) is 0.772. The van der Waals surface area contributed by atoms with Gasteiger partial charge >= 0.3 is 0 Å². The van der Waals surface area contributed by atoms with E-state index in [1.807, 2.05) is 11.9 Å². The largest absolute Gasteiger partial charge is 0.336 e. The minimum atomic E-state index is 0. The second-order valence-corrected chi connectivity index (χ2v) is 3.77. The molecular formula is C10H17ClN4O. The summed E-state index contributed by atoms with van der Waals surface area (Å²) < 4.78 is 1.66. The number of hydrogen-bond acceptors (Lipinski definition) is 3. The van der Waals surface area contributed by atoms with Gasteiger partial charge in [-0.15, -0.1) is 12.4 Å². The van der Waals surface area contributed by atoms with Gasteiger partial charge in [0.2, 0.25) is 0 Å². The van der Waals surface area contributed by atoms with E-state index in [0.717, 1.165) is 32.6 Å². The smallest absolute Gasteiger partial charge is 0.274 e. The number of carbonyl (C=O) groups excluding carboxylic acids is 1. The fourth-order valence-corrected chi connectivity index (χ4v) is 1.74. The first-order valence-electron chi connectivity index (χ1n) is 5.27. The van der Waals surface area contributed by atoms with Crippen molar-refractivity contribution >= 4 is 18.3 Å². The number of nitrogens with one attached hydrogen (secondary N) is 1. The van der Waals surface area contributed by atoms with Gasteiger partial charge in [-0.3, -0.25) is 9.48 Å². The van der Waals surface area contributed by atoms with Crippen molar-refractivity contribution in [3.8, 4) is 0 Å². The van der Waals surface area contributed by atoms with Crippen LogP contribution in [0.1, 0.15) is 16.9 Å². The van der Waals surface area contributed by atoms with Gasteiger partial charge in [0.15, 0.2) is 0 Å². The van der Waals surface area contributed by atoms with Crippen LogP contribution in [0.3, 0.4) is 0 Å². The van der Waals surface area contributed by atoms with Crippen LogP contribution in [0.5, 0.6) is 0 Å². The molecule has 0 spiro atoms. The maximum absolute atomic E-state index is 12.0. The standard InChI is InChI=1S/C10H16N4O.ClH/c1-13-7-3-9(12-13)10(15)14-6-2-4-11-5-8-14;/h3,7,11H,2,4-6,8H2,1H3;1H. The summed E-state index contributed by atoms with van der Waals surface area (Å²) in [4.78, 5) is 13.9. The van der Waals surface area contributed by atoms with E-state index in [1.165, 1.54) is 0 Å². The van der Waals surface area contributed by atoms with Crippen molar-refractivity contribution in [1.29, 1.82) is 0 Å². The highest BCUT2D eigenvalue weighted by molar-refractivity contribution is 5.92. The Kier molecular flexibility index (Phi) is 4.76. The number of aromatic nitrogens is 2. The molecule has 5 nitrogen and oxygen atoms in total. The van der Waals surface area contributed by atoms with E-state index in [0.29, 0.717) is 5.69 Å². The fraction of sp³-hybridized carbons (Fsp3) is 0.600. The van der Waals surface area contributed by atoms with E-state index in [9.17, 15) is 4.79 Å². The van der Waals surface area contributed by atoms with E-state index < -0.39 is 0 Å². The summed E-state index contributed by atoms with van der Waals surface area (Å²) in [6.45, 7) is 3.46. The first kappa shape index (κ1) is 13.0. The topological polar surface area (TPSA) is 50.2 Å². The Morgan fingerprint density at radius 1 is 1.44 bits per heavy atom. The zero-order chi connectivity index (χ0) is 10.7. The van der Waals surface area contributed by atoms with Crippen LogP contribution in [0.15, 0.2) is 12.3 Å². The number of hydrogen-bond donors (Lipinski definition) is 1. The molecule has 0 aliphatic carbocycles. The lowest BCUT2D eigenvalue weighted by Crippen LogP contribution is -2.34. The van der Waals surface area contributed by atoms with Gasteiger partial charge in [-0.05, 0) is 19.0 Å². The number of aryl methyl sites for hydroxylation is 1. The molecule has 1 aliphatic rings. The SMILES string of the molecule is Cl.Cn1ccc(C(=O)N2CCCNCC2)n1. The number of nitrogens with zero attached hydrogens (tertiary/aromatic N) is 3. The molecule has 1 amide bonds. The van der Waals surface area contributed by atoms with E-state index >= 15 is 0 Å². The highest BCUT2D eigenvalue weighted by atomic mass is 35.5. The maximum Gasteiger partial charge on any atom is 0.274 e. The molecule has 1 aliphatic heterocycles. The molecule has 1 N–H and O–H groups in total. The minimum Gasteiger partial charge on any atom is -0.336 e. The average molecular weight is 245 g/mol. The van der Waals surface area contributed by atoms with E-state index in [1.54, 1.807) is 16.9 Å². The van der Waals surface area contributed by atoms with Crippen LogP contribution in [0.2, 0.25) is 0 Å². The van der Waals surface area contributed by atoms with E-state index in [4.69, 9.17) is 0 Å². The third-order valence-corrected chi connectivity index (χ3v) is 2.56. The Morgan fingerprint density at radius 2 is 2.25 bits per heavy atom. The highest BCUT2D eigenvalue weighted by Gasteiger charge is 2.18. The van der Waals surface area contributed by atoms with Crippen LogP contribution in [-0.2, 0) is 7.05 Å². The van der Waals surface area contributed by atoms with E-state index in [-0.39, 0.29) is 18.3 Å². The third-order valence-electron chi connectivity index (χ3n) is 2.56. The summed E-state index contributed by atoms with van der Waals surface area (Å²) >= 11 is 0. The number of halogens is 1. The predicted octanol–water partition coefficient (Wildman–Crippen LogP) is 0.277. The number of rotatable bonds is 1. The Balaban J connectivity index is 0.00000128. The van der Waals surface area contributed by atoms with Crippen LogP contribution in [0, 0.1) is 0 Å². The Hall–Kier alpha value is -1.07. The summed E-state index contributed by atoms with van der Waals surface area (Å²) in [5, 5.41) is 7.39. The van der Waals surface area contributed by atoms with Gasteiger partial charge < -0.3 is 10.2 Å². The monoisotopic (exact) mass is 244 g/mol. The van der Waals surface area contributed by atoms with Crippen LogP contribution in [0.25, 0.3) is 0 Å². The minimum absolute atomic E-state index is 0. The molecule has 1 saturated heterocycles. The van der Waals surface area contributed by atoms with Crippen LogP contribution >= 0.6 is 12.4 Å². The molecule has 1 aromatic heterocycles. The van der Waals surface area contributed by atoms with Crippen molar-refractivity contribution in [2.45, 2.75) is 6.42 Å². The summed E-state index contributed by atoms with van der Waals surface area (Å²) in [6, 6.07) is 1.76. The molecule has 2 rings (SSSR count). The second-order valence-electron chi connectivity index (χ2n) is 3.77. The lowest BCUT2D eigenvalue weighted by atomic mass is 10.3. The molecule has 16 heavy (non-hydrogen) atoms. The summed E-state index contributed by atoms with van der Waals surface area (Å²) in [6.07, 6.45) is 2.81. The molecule has 0 unspecified atom stereocenters. The second kappa shape index (κ2) is 5.86. The number of carbonyl (C=O) groups is 1. The van der Waals surface area contributed by atoms with Gasteiger partial charge in [-0.1, -0.05) is 0 Å². The number of amides is 1. The molecule has 0 atom stereocenters. The summed E-state index contributed by atoms with van der Waals surface area (Å²) in [7, 11) is 1.82. The zero-order valence-electron chi connectivity index (χ0n) is 9.35. The molecule has 1 aromatic rings. The average Bonchev–Trinajstić information content (AvgIpc) is 2.53. The third kappa shape index (κ3) is 2.96. The normalized spacial score (nSPS) is 16.4. The van der Waals surface area contributed by atoms with Gasteiger partial charge in [0.1, 0.15) is 5.69 Å². The summed E-state index contributed by atoms with van der Waals surface area (Å²) in [5.41, 5.74) is 0.541. The van der Waals surface area contributed by atoms with Crippen molar-refractivity contribution in [3.63, 3.8) is 0 Å². The van der Waals surface area contributed by atoms with Crippen molar-refractivity contribution in [2.75, 3.05) is 26.2 Å². The van der Waals surface area contributed by atoms with Gasteiger partial charge in [-0.2, -0.15) is 5.10 Å². The Labute approximate surface area is 101 Å². The van der Waals surface area contributed by atoms with Crippen LogP contribution in [0.4, 0.5) is 0 Å². The first-order valence-corrected chi connectivity index (χ1v) is 5.27. The molecule has 6 heteroatoms. The van der Waals surface area contributed by atoms with Gasteiger partial charge in [0.05, 0.1) is 0 Å². The van der Waals surface area contributed by atoms with Crippen molar-refractivity contribution in [1.82, 2.24) is 20.0 Å². The lowest BCUT2D eigenvalue weighted by molar-refractivity contribution is 0.0759.